The van der Waals surface area contributed by atoms with Crippen molar-refractivity contribution in [3.05, 3.63) is 23.0 Å². The summed E-state index contributed by atoms with van der Waals surface area (Å²) in [5, 5.41) is 0.523. The van der Waals surface area contributed by atoms with E-state index in [-0.39, 0.29) is 0 Å². The molecule has 0 aliphatic heterocycles. The number of aryl methyl sites for hydroxylation is 1. The monoisotopic (exact) mass is 142 g/mol. The van der Waals surface area contributed by atoms with Gasteiger partial charge < -0.3 is 5.73 Å². The molecule has 1 heterocycles. The van der Waals surface area contributed by atoms with Crippen LogP contribution in [0.15, 0.2) is 12.4 Å². The van der Waals surface area contributed by atoms with E-state index in [9.17, 15) is 0 Å². The molecular formula is C6H7ClN2. The van der Waals surface area contributed by atoms with Gasteiger partial charge >= 0.3 is 0 Å². The Morgan fingerprint density at radius 3 is 2.67 bits per heavy atom. The molecule has 0 aromatic carbocycles. The Hall–Kier alpha value is -0.760. The van der Waals surface area contributed by atoms with E-state index in [4.69, 9.17) is 17.3 Å². The molecule has 0 radical (unpaired) electrons. The molecule has 1 rings (SSSR count). The highest BCUT2D eigenvalue weighted by molar-refractivity contribution is 6.33. The largest absolute Gasteiger partial charge is 0.397 e. The van der Waals surface area contributed by atoms with E-state index in [2.05, 4.69) is 4.98 Å². The highest BCUT2D eigenvalue weighted by Crippen LogP contribution is 2.18. The summed E-state index contributed by atoms with van der Waals surface area (Å²) < 4.78 is 0. The van der Waals surface area contributed by atoms with E-state index < -0.39 is 0 Å². The lowest BCUT2D eigenvalue weighted by Crippen LogP contribution is -1.90. The Bertz CT molecular complexity index is 202. The second kappa shape index (κ2) is 2.23. The summed E-state index contributed by atoms with van der Waals surface area (Å²) in [6.07, 6.45) is 3.21. The smallest absolute Gasteiger partial charge is 0.0821 e. The summed E-state index contributed by atoms with van der Waals surface area (Å²) in [4.78, 5) is 3.83. The van der Waals surface area contributed by atoms with Crippen LogP contribution in [-0.2, 0) is 0 Å². The van der Waals surface area contributed by atoms with Gasteiger partial charge in [-0.15, -0.1) is 0 Å². The maximum absolute atomic E-state index is 5.63. The minimum Gasteiger partial charge on any atom is -0.397 e. The maximum Gasteiger partial charge on any atom is 0.0821 e. The SMILES string of the molecule is Cc1cncc(Cl)c1N. The molecule has 0 fully saturated rings. The van der Waals surface area contributed by atoms with Crippen LogP contribution in [0.2, 0.25) is 5.02 Å². The van der Waals surface area contributed by atoms with E-state index in [1.807, 2.05) is 6.92 Å². The van der Waals surface area contributed by atoms with Crippen LogP contribution < -0.4 is 5.73 Å². The molecule has 3 heteroatoms. The second-order valence-electron chi connectivity index (χ2n) is 1.85. The molecule has 48 valence electrons. The lowest BCUT2D eigenvalue weighted by molar-refractivity contribution is 1.27. The predicted octanol–water partition coefficient (Wildman–Crippen LogP) is 1.63. The molecule has 0 aliphatic carbocycles. The number of nitrogens with two attached hydrogens (primary N) is 1. The molecule has 0 atom stereocenters. The summed E-state index contributed by atoms with van der Waals surface area (Å²) in [6.45, 7) is 1.87. The summed E-state index contributed by atoms with van der Waals surface area (Å²) in [6, 6.07) is 0. The topological polar surface area (TPSA) is 38.9 Å². The highest BCUT2D eigenvalue weighted by atomic mass is 35.5. The van der Waals surface area contributed by atoms with Crippen LogP contribution in [0.25, 0.3) is 0 Å². The van der Waals surface area contributed by atoms with Gasteiger partial charge in [0, 0.05) is 12.4 Å². The van der Waals surface area contributed by atoms with Crippen molar-refractivity contribution in [2.45, 2.75) is 6.92 Å². The lowest BCUT2D eigenvalue weighted by atomic mass is 10.3. The van der Waals surface area contributed by atoms with Gasteiger partial charge in [0.05, 0.1) is 10.7 Å². The summed E-state index contributed by atoms with van der Waals surface area (Å²) >= 11 is 5.63. The molecule has 1 aromatic heterocycles. The Labute approximate surface area is 58.7 Å². The third-order valence-electron chi connectivity index (χ3n) is 1.14. The van der Waals surface area contributed by atoms with Crippen molar-refractivity contribution in [2.75, 3.05) is 5.73 Å². The fourth-order valence-electron chi connectivity index (χ4n) is 0.542. The first-order chi connectivity index (χ1) is 4.22. The van der Waals surface area contributed by atoms with Crippen LogP contribution in [0.3, 0.4) is 0 Å². The zero-order chi connectivity index (χ0) is 6.85. The van der Waals surface area contributed by atoms with Gasteiger partial charge in [0.2, 0.25) is 0 Å². The lowest BCUT2D eigenvalue weighted by Gasteiger charge is -1.98. The van der Waals surface area contributed by atoms with E-state index in [1.54, 1.807) is 6.20 Å². The van der Waals surface area contributed by atoms with Gasteiger partial charge in [0.25, 0.3) is 0 Å². The molecular weight excluding hydrogens is 136 g/mol. The predicted molar refractivity (Wildman–Crippen MR) is 38.4 cm³/mol. The summed E-state index contributed by atoms with van der Waals surface area (Å²) in [7, 11) is 0. The van der Waals surface area contributed by atoms with Crippen molar-refractivity contribution in [1.29, 1.82) is 0 Å². The van der Waals surface area contributed by atoms with Gasteiger partial charge in [-0.05, 0) is 12.5 Å². The van der Waals surface area contributed by atoms with Crippen molar-refractivity contribution in [3.63, 3.8) is 0 Å². The number of halogens is 1. The van der Waals surface area contributed by atoms with Gasteiger partial charge in [-0.3, -0.25) is 4.98 Å². The third kappa shape index (κ3) is 1.13. The number of nitrogens with zero attached hydrogens (tertiary/aromatic N) is 1. The van der Waals surface area contributed by atoms with Crippen LogP contribution in [-0.4, -0.2) is 4.98 Å². The Kier molecular flexibility index (Phi) is 1.58. The Morgan fingerprint density at radius 1 is 1.56 bits per heavy atom. The second-order valence-corrected chi connectivity index (χ2v) is 2.26. The van der Waals surface area contributed by atoms with Gasteiger partial charge in [-0.25, -0.2) is 0 Å². The van der Waals surface area contributed by atoms with Crippen LogP contribution >= 0.6 is 11.6 Å². The number of hydrogen-bond acceptors (Lipinski definition) is 2. The van der Waals surface area contributed by atoms with E-state index in [0.29, 0.717) is 10.7 Å². The van der Waals surface area contributed by atoms with Gasteiger partial charge in [0.1, 0.15) is 0 Å². The normalized spacial score (nSPS) is 9.56. The van der Waals surface area contributed by atoms with Crippen molar-refractivity contribution in [3.8, 4) is 0 Å². The Morgan fingerprint density at radius 2 is 2.22 bits per heavy atom. The minimum atomic E-state index is 0.523. The molecule has 2 N–H and O–H groups in total. The number of nitrogen functional groups attached to an aromatic ring is 1. The number of pyridine rings is 1. The zero-order valence-corrected chi connectivity index (χ0v) is 5.81. The first-order valence-electron chi connectivity index (χ1n) is 2.57. The number of hydrogen-bond donors (Lipinski definition) is 1. The van der Waals surface area contributed by atoms with Crippen LogP contribution in [0.4, 0.5) is 5.69 Å². The molecule has 0 saturated heterocycles. The fraction of sp³-hybridized carbons (Fsp3) is 0.167. The minimum absolute atomic E-state index is 0.523. The van der Waals surface area contributed by atoms with Crippen LogP contribution in [0, 0.1) is 6.92 Å². The molecule has 0 spiro atoms. The molecule has 0 saturated carbocycles. The van der Waals surface area contributed by atoms with Crippen LogP contribution in [0.1, 0.15) is 5.56 Å². The molecule has 0 unspecified atom stereocenters. The number of anilines is 1. The molecule has 1 aromatic rings. The molecule has 0 aliphatic rings. The van der Waals surface area contributed by atoms with E-state index in [1.165, 1.54) is 6.20 Å². The Balaban J connectivity index is 3.25. The molecule has 0 amide bonds. The van der Waals surface area contributed by atoms with Crippen molar-refractivity contribution >= 4 is 17.3 Å². The molecule has 0 bridgehead atoms. The summed E-state index contributed by atoms with van der Waals surface area (Å²) in [5.74, 6) is 0. The maximum atomic E-state index is 5.63. The average molecular weight is 143 g/mol. The third-order valence-corrected chi connectivity index (χ3v) is 1.44. The molecule has 2 nitrogen and oxygen atoms in total. The molecule has 9 heavy (non-hydrogen) atoms. The quantitative estimate of drug-likeness (QED) is 0.598. The van der Waals surface area contributed by atoms with Gasteiger partial charge in [-0.1, -0.05) is 11.6 Å². The zero-order valence-electron chi connectivity index (χ0n) is 5.06. The average Bonchev–Trinajstić information content (AvgIpc) is 1.83. The van der Waals surface area contributed by atoms with E-state index in [0.717, 1.165) is 5.56 Å². The van der Waals surface area contributed by atoms with Gasteiger partial charge in [-0.2, -0.15) is 0 Å². The number of rotatable bonds is 0. The number of aromatic nitrogens is 1. The fourth-order valence-corrected chi connectivity index (χ4v) is 0.747. The van der Waals surface area contributed by atoms with Gasteiger partial charge in [0.15, 0.2) is 0 Å². The van der Waals surface area contributed by atoms with Crippen molar-refractivity contribution in [1.82, 2.24) is 4.98 Å². The van der Waals surface area contributed by atoms with Crippen molar-refractivity contribution < 1.29 is 0 Å². The highest BCUT2D eigenvalue weighted by Gasteiger charge is 1.96. The summed E-state index contributed by atoms with van der Waals surface area (Å²) in [5.41, 5.74) is 7.05. The van der Waals surface area contributed by atoms with Crippen molar-refractivity contribution in [2.24, 2.45) is 0 Å². The van der Waals surface area contributed by atoms with Crippen LogP contribution in [0.5, 0.6) is 0 Å². The standard InChI is InChI=1S/C6H7ClN2/c1-4-2-9-3-5(7)6(4)8/h2-3H,1H3,(H2,8,9). The first kappa shape index (κ1) is 6.36. The van der Waals surface area contributed by atoms with E-state index >= 15 is 0 Å². The first-order valence-corrected chi connectivity index (χ1v) is 2.95.